The van der Waals surface area contributed by atoms with Crippen molar-refractivity contribution in [3.05, 3.63) is 50.7 Å². The van der Waals surface area contributed by atoms with Gasteiger partial charge in [-0.1, -0.05) is 23.7 Å². The van der Waals surface area contributed by atoms with Crippen molar-refractivity contribution in [1.82, 2.24) is 19.6 Å². The van der Waals surface area contributed by atoms with E-state index in [2.05, 4.69) is 38.1 Å². The van der Waals surface area contributed by atoms with Gasteiger partial charge < -0.3 is 4.90 Å². The number of rotatable bonds is 4. The summed E-state index contributed by atoms with van der Waals surface area (Å²) in [5.74, 6) is 0.129. The second kappa shape index (κ2) is 7.89. The lowest BCUT2D eigenvalue weighted by Crippen LogP contribution is -2.49. The molecule has 0 N–H and O–H groups in total. The molecule has 134 valence electrons. The lowest BCUT2D eigenvalue weighted by atomic mass is 10.2. The Balaban J connectivity index is 1.52. The fourth-order valence-corrected chi connectivity index (χ4v) is 3.47. The second-order valence-electron chi connectivity index (χ2n) is 6.43. The van der Waals surface area contributed by atoms with Crippen molar-refractivity contribution in [3.63, 3.8) is 0 Å². The van der Waals surface area contributed by atoms with Gasteiger partial charge in [-0.2, -0.15) is 5.10 Å². The lowest BCUT2D eigenvalue weighted by Gasteiger charge is -2.34. The van der Waals surface area contributed by atoms with Crippen LogP contribution in [0.3, 0.4) is 0 Å². The highest BCUT2D eigenvalue weighted by molar-refractivity contribution is 9.10. The topological polar surface area (TPSA) is 41.4 Å². The number of piperazine rings is 1. The summed E-state index contributed by atoms with van der Waals surface area (Å²) in [5.41, 5.74) is 3.15. The van der Waals surface area contributed by atoms with E-state index < -0.39 is 0 Å². The Morgan fingerprint density at radius 2 is 1.80 bits per heavy atom. The number of carbonyl (C=O) groups is 1. The molecule has 2 heterocycles. The van der Waals surface area contributed by atoms with E-state index in [9.17, 15) is 4.79 Å². The summed E-state index contributed by atoms with van der Waals surface area (Å²) in [7, 11) is 0. The maximum atomic E-state index is 12.6. The van der Waals surface area contributed by atoms with E-state index in [1.165, 1.54) is 5.56 Å². The SMILES string of the molecule is Cc1nn(CC(=O)N2CCN(Cc3ccc(Cl)cc3)CC2)c(C)c1Br. The zero-order chi connectivity index (χ0) is 18.0. The Morgan fingerprint density at radius 1 is 1.16 bits per heavy atom. The molecule has 0 spiro atoms. The maximum absolute atomic E-state index is 12.6. The Kier molecular flexibility index (Phi) is 5.81. The molecule has 1 fully saturated rings. The van der Waals surface area contributed by atoms with Crippen LogP contribution in [0.5, 0.6) is 0 Å². The standard InChI is InChI=1S/C18H22BrClN4O/c1-13-18(19)14(2)24(21-13)12-17(25)23-9-7-22(8-10-23)11-15-3-5-16(20)6-4-15/h3-6H,7-12H2,1-2H3. The van der Waals surface area contributed by atoms with Gasteiger partial charge in [-0.25, -0.2) is 0 Å². The van der Waals surface area contributed by atoms with Crippen molar-refractivity contribution in [2.45, 2.75) is 26.9 Å². The predicted octanol–water partition coefficient (Wildman–Crippen LogP) is 3.26. The molecule has 2 aromatic rings. The number of nitrogens with zero attached hydrogens (tertiary/aromatic N) is 4. The largest absolute Gasteiger partial charge is 0.339 e. The first kappa shape index (κ1) is 18.4. The number of hydrogen-bond acceptors (Lipinski definition) is 3. The monoisotopic (exact) mass is 424 g/mol. The minimum Gasteiger partial charge on any atom is -0.339 e. The van der Waals surface area contributed by atoms with Crippen LogP contribution in [0.25, 0.3) is 0 Å². The van der Waals surface area contributed by atoms with Crippen molar-refractivity contribution in [2.75, 3.05) is 26.2 Å². The molecule has 1 saturated heterocycles. The molecular weight excluding hydrogens is 404 g/mol. The van der Waals surface area contributed by atoms with Crippen LogP contribution in [0.2, 0.25) is 5.02 Å². The predicted molar refractivity (Wildman–Crippen MR) is 103 cm³/mol. The van der Waals surface area contributed by atoms with Crippen molar-refractivity contribution >= 4 is 33.4 Å². The normalized spacial score (nSPS) is 15.6. The van der Waals surface area contributed by atoms with Crippen LogP contribution in [0.4, 0.5) is 0 Å². The van der Waals surface area contributed by atoms with E-state index in [0.717, 1.165) is 53.6 Å². The van der Waals surface area contributed by atoms with E-state index in [4.69, 9.17) is 11.6 Å². The first-order valence-electron chi connectivity index (χ1n) is 8.38. The van der Waals surface area contributed by atoms with Gasteiger partial charge in [-0.15, -0.1) is 0 Å². The summed E-state index contributed by atoms with van der Waals surface area (Å²) in [4.78, 5) is 16.9. The van der Waals surface area contributed by atoms with Gasteiger partial charge in [0.15, 0.2) is 0 Å². The van der Waals surface area contributed by atoms with Gasteiger partial charge in [-0.3, -0.25) is 14.4 Å². The Labute approximate surface area is 161 Å². The number of aryl methyl sites for hydroxylation is 1. The molecule has 1 amide bonds. The fourth-order valence-electron chi connectivity index (χ4n) is 3.06. The van der Waals surface area contributed by atoms with E-state index in [1.807, 2.05) is 30.9 Å². The van der Waals surface area contributed by atoms with E-state index >= 15 is 0 Å². The molecule has 0 unspecified atom stereocenters. The second-order valence-corrected chi connectivity index (χ2v) is 7.66. The van der Waals surface area contributed by atoms with Gasteiger partial charge >= 0.3 is 0 Å². The first-order chi connectivity index (χ1) is 11.9. The van der Waals surface area contributed by atoms with Gasteiger partial charge in [-0.05, 0) is 47.5 Å². The van der Waals surface area contributed by atoms with Crippen LogP contribution in [-0.2, 0) is 17.9 Å². The molecule has 1 aliphatic heterocycles. The zero-order valence-corrected chi connectivity index (χ0v) is 16.8. The minimum atomic E-state index is 0.129. The summed E-state index contributed by atoms with van der Waals surface area (Å²) in [6.07, 6.45) is 0. The summed E-state index contributed by atoms with van der Waals surface area (Å²) < 4.78 is 2.76. The number of amides is 1. The Morgan fingerprint density at radius 3 is 2.36 bits per heavy atom. The van der Waals surface area contributed by atoms with Crippen LogP contribution in [0, 0.1) is 13.8 Å². The number of aromatic nitrogens is 2. The molecule has 7 heteroatoms. The highest BCUT2D eigenvalue weighted by Crippen LogP contribution is 2.20. The van der Waals surface area contributed by atoms with E-state index in [1.54, 1.807) is 4.68 Å². The summed E-state index contributed by atoms with van der Waals surface area (Å²) in [6.45, 7) is 8.39. The summed E-state index contributed by atoms with van der Waals surface area (Å²) >= 11 is 9.44. The highest BCUT2D eigenvalue weighted by Gasteiger charge is 2.22. The van der Waals surface area contributed by atoms with Crippen LogP contribution in [0.15, 0.2) is 28.7 Å². The summed E-state index contributed by atoms with van der Waals surface area (Å²) in [6, 6.07) is 7.95. The average molecular weight is 426 g/mol. The molecule has 0 radical (unpaired) electrons. The Bertz CT molecular complexity index is 751. The molecule has 25 heavy (non-hydrogen) atoms. The van der Waals surface area contributed by atoms with E-state index in [0.29, 0.717) is 6.54 Å². The molecule has 0 bridgehead atoms. The third kappa shape index (κ3) is 4.43. The van der Waals surface area contributed by atoms with Crippen LogP contribution < -0.4 is 0 Å². The minimum absolute atomic E-state index is 0.129. The van der Waals surface area contributed by atoms with Crippen molar-refractivity contribution in [2.24, 2.45) is 0 Å². The molecule has 3 rings (SSSR count). The number of carbonyl (C=O) groups excluding carboxylic acids is 1. The number of halogens is 2. The quantitative estimate of drug-likeness (QED) is 0.755. The Hall–Kier alpha value is -1.37. The third-order valence-electron chi connectivity index (χ3n) is 4.62. The molecule has 1 aliphatic rings. The molecular formula is C18H22BrClN4O. The van der Waals surface area contributed by atoms with Gasteiger partial charge in [0.1, 0.15) is 6.54 Å². The highest BCUT2D eigenvalue weighted by atomic mass is 79.9. The molecule has 1 aromatic heterocycles. The summed E-state index contributed by atoms with van der Waals surface area (Å²) in [5, 5.41) is 5.18. The number of benzene rings is 1. The maximum Gasteiger partial charge on any atom is 0.244 e. The lowest BCUT2D eigenvalue weighted by molar-refractivity contribution is -0.133. The number of hydrogen-bond donors (Lipinski definition) is 0. The molecule has 0 saturated carbocycles. The first-order valence-corrected chi connectivity index (χ1v) is 9.55. The molecule has 1 aromatic carbocycles. The van der Waals surface area contributed by atoms with Gasteiger partial charge in [0, 0.05) is 37.7 Å². The van der Waals surface area contributed by atoms with Gasteiger partial charge in [0.05, 0.1) is 15.9 Å². The smallest absolute Gasteiger partial charge is 0.244 e. The van der Waals surface area contributed by atoms with Crippen LogP contribution in [-0.4, -0.2) is 51.7 Å². The van der Waals surface area contributed by atoms with Crippen molar-refractivity contribution in [3.8, 4) is 0 Å². The van der Waals surface area contributed by atoms with Gasteiger partial charge in [0.2, 0.25) is 5.91 Å². The zero-order valence-electron chi connectivity index (χ0n) is 14.5. The molecule has 0 atom stereocenters. The van der Waals surface area contributed by atoms with Crippen LogP contribution >= 0.6 is 27.5 Å². The van der Waals surface area contributed by atoms with Gasteiger partial charge in [0.25, 0.3) is 0 Å². The average Bonchev–Trinajstić information content (AvgIpc) is 2.84. The van der Waals surface area contributed by atoms with Crippen LogP contribution in [0.1, 0.15) is 17.0 Å². The molecule has 5 nitrogen and oxygen atoms in total. The van der Waals surface area contributed by atoms with Crippen molar-refractivity contribution < 1.29 is 4.79 Å². The molecule has 0 aliphatic carbocycles. The van der Waals surface area contributed by atoms with Crippen molar-refractivity contribution in [1.29, 1.82) is 0 Å². The third-order valence-corrected chi connectivity index (χ3v) is 6.02. The fraction of sp³-hybridized carbons (Fsp3) is 0.444. The van der Waals surface area contributed by atoms with E-state index in [-0.39, 0.29) is 5.91 Å².